The Bertz CT molecular complexity index is 713. The number of aryl methyl sites for hydroxylation is 1. The van der Waals surface area contributed by atoms with Crippen molar-refractivity contribution in [2.24, 2.45) is 0 Å². The predicted octanol–water partition coefficient (Wildman–Crippen LogP) is 4.17. The average molecular weight is 350 g/mol. The van der Waals surface area contributed by atoms with Crippen molar-refractivity contribution >= 4 is 15.9 Å². The van der Waals surface area contributed by atoms with Gasteiger partial charge in [-0.25, -0.2) is 4.39 Å². The van der Waals surface area contributed by atoms with Gasteiger partial charge in [0.2, 0.25) is 0 Å². The lowest BCUT2D eigenvalue weighted by atomic mass is 10.0. The zero-order valence-electron chi connectivity index (χ0n) is 11.7. The van der Waals surface area contributed by atoms with Crippen LogP contribution < -0.4 is 4.74 Å². The van der Waals surface area contributed by atoms with Crippen LogP contribution in [0.4, 0.5) is 4.39 Å². The molecule has 0 radical (unpaired) electrons. The Morgan fingerprint density at radius 3 is 2.62 bits per heavy atom. The van der Waals surface area contributed by atoms with Gasteiger partial charge in [-0.1, -0.05) is 13.8 Å². The van der Waals surface area contributed by atoms with E-state index in [4.69, 9.17) is 4.74 Å². The van der Waals surface area contributed by atoms with Crippen molar-refractivity contribution in [2.45, 2.75) is 26.7 Å². The molecule has 0 aliphatic heterocycles. The maximum Gasteiger partial charge on any atom is 0.257 e. The number of benzene rings is 1. The predicted molar refractivity (Wildman–Crippen MR) is 79.7 cm³/mol. The summed E-state index contributed by atoms with van der Waals surface area (Å²) in [5.41, 5.74) is 2.00. The molecule has 0 saturated carbocycles. The number of ether oxygens (including phenoxy) is 1. The van der Waals surface area contributed by atoms with E-state index >= 15 is 0 Å². The molecule has 0 bridgehead atoms. The van der Waals surface area contributed by atoms with Crippen molar-refractivity contribution in [3.05, 3.63) is 45.3 Å². The van der Waals surface area contributed by atoms with Crippen LogP contribution in [0.5, 0.6) is 11.6 Å². The highest BCUT2D eigenvalue weighted by Gasteiger charge is 2.17. The highest BCUT2D eigenvalue weighted by Crippen LogP contribution is 2.32. The van der Waals surface area contributed by atoms with Gasteiger partial charge in [-0.15, -0.1) is 5.10 Å². The summed E-state index contributed by atoms with van der Waals surface area (Å²) in [6.45, 7) is 3.91. The summed E-state index contributed by atoms with van der Waals surface area (Å²) in [5, 5.41) is 17.5. The Morgan fingerprint density at radius 1 is 1.29 bits per heavy atom. The molecule has 0 fully saturated rings. The fraction of sp³-hybridized carbons (Fsp3) is 0.267. The van der Waals surface area contributed by atoms with Gasteiger partial charge < -0.3 is 4.74 Å². The molecule has 4 nitrogen and oxygen atoms in total. The second-order valence-corrected chi connectivity index (χ2v) is 5.16. The van der Waals surface area contributed by atoms with E-state index in [-0.39, 0.29) is 11.7 Å². The molecule has 2 aromatic rings. The lowest BCUT2D eigenvalue weighted by Crippen LogP contribution is -2.05. The maximum absolute atomic E-state index is 13.1. The molecule has 2 rings (SSSR count). The van der Waals surface area contributed by atoms with Gasteiger partial charge in [0, 0.05) is 0 Å². The molecule has 6 heteroatoms. The van der Waals surface area contributed by atoms with E-state index in [9.17, 15) is 9.65 Å². The van der Waals surface area contributed by atoms with E-state index in [1.807, 2.05) is 13.8 Å². The molecule has 0 atom stereocenters. The van der Waals surface area contributed by atoms with Gasteiger partial charge in [-0.3, -0.25) is 0 Å². The van der Waals surface area contributed by atoms with Crippen molar-refractivity contribution in [3.8, 4) is 17.7 Å². The van der Waals surface area contributed by atoms with E-state index in [1.54, 1.807) is 0 Å². The molecule has 1 aromatic carbocycles. The van der Waals surface area contributed by atoms with Crippen molar-refractivity contribution in [3.63, 3.8) is 0 Å². The Balaban J connectivity index is 2.47. The fourth-order valence-electron chi connectivity index (χ4n) is 2.00. The third kappa shape index (κ3) is 3.19. The van der Waals surface area contributed by atoms with Crippen LogP contribution in [0, 0.1) is 17.1 Å². The zero-order valence-corrected chi connectivity index (χ0v) is 13.2. The molecule has 0 aliphatic rings. The third-order valence-corrected chi connectivity index (χ3v) is 3.65. The molecule has 21 heavy (non-hydrogen) atoms. The van der Waals surface area contributed by atoms with Crippen LogP contribution in [0.25, 0.3) is 0 Å². The van der Waals surface area contributed by atoms with Gasteiger partial charge in [-0.05, 0) is 52.5 Å². The number of hydrogen-bond acceptors (Lipinski definition) is 4. The highest BCUT2D eigenvalue weighted by atomic mass is 79.9. The van der Waals surface area contributed by atoms with E-state index in [0.717, 1.165) is 11.3 Å². The van der Waals surface area contributed by atoms with Crippen LogP contribution in [0.3, 0.4) is 0 Å². The Morgan fingerprint density at radius 2 is 2.05 bits per heavy atom. The second kappa shape index (κ2) is 6.64. The highest BCUT2D eigenvalue weighted by molar-refractivity contribution is 9.10. The Kier molecular flexibility index (Phi) is 4.86. The number of nitriles is 1. The summed E-state index contributed by atoms with van der Waals surface area (Å²) in [5.74, 6) is 0.142. The first kappa shape index (κ1) is 15.4. The molecule has 0 unspecified atom stereocenters. The van der Waals surface area contributed by atoms with Crippen LogP contribution in [0.1, 0.15) is 30.7 Å². The summed E-state index contributed by atoms with van der Waals surface area (Å²) < 4.78 is 19.2. The second-order valence-electron chi connectivity index (χ2n) is 4.30. The first-order chi connectivity index (χ1) is 10.1. The van der Waals surface area contributed by atoms with Crippen LogP contribution >= 0.6 is 15.9 Å². The summed E-state index contributed by atoms with van der Waals surface area (Å²) in [6, 6.07) is 6.16. The monoisotopic (exact) mass is 349 g/mol. The average Bonchev–Trinajstić information content (AvgIpc) is 2.49. The largest absolute Gasteiger partial charge is 0.435 e. The van der Waals surface area contributed by atoms with Gasteiger partial charge >= 0.3 is 0 Å². The number of rotatable bonds is 4. The minimum Gasteiger partial charge on any atom is -0.435 e. The SMILES string of the molecule is CCc1nnc(Oc2ccc(F)cc2Br)c(C#N)c1CC. The first-order valence-electron chi connectivity index (χ1n) is 6.52. The summed E-state index contributed by atoms with van der Waals surface area (Å²) >= 11 is 3.22. The first-order valence-corrected chi connectivity index (χ1v) is 7.31. The normalized spacial score (nSPS) is 10.2. The fourth-order valence-corrected chi connectivity index (χ4v) is 2.44. The van der Waals surface area contributed by atoms with Crippen molar-refractivity contribution in [1.29, 1.82) is 5.26 Å². The summed E-state index contributed by atoms with van der Waals surface area (Å²) in [4.78, 5) is 0. The van der Waals surface area contributed by atoms with Gasteiger partial charge in [-0.2, -0.15) is 10.4 Å². The smallest absolute Gasteiger partial charge is 0.257 e. The van der Waals surface area contributed by atoms with Crippen LogP contribution in [0.2, 0.25) is 0 Å². The Labute approximate surface area is 130 Å². The maximum atomic E-state index is 13.1. The minimum atomic E-state index is -0.378. The molecule has 0 amide bonds. The summed E-state index contributed by atoms with van der Waals surface area (Å²) in [7, 11) is 0. The zero-order chi connectivity index (χ0) is 15.4. The molecule has 1 aromatic heterocycles. The Hall–Kier alpha value is -2.00. The molecular weight excluding hydrogens is 337 g/mol. The molecule has 0 N–H and O–H groups in total. The van der Waals surface area contributed by atoms with Gasteiger partial charge in [0.1, 0.15) is 23.2 Å². The van der Waals surface area contributed by atoms with Gasteiger partial charge in [0.15, 0.2) is 0 Å². The number of hydrogen-bond donors (Lipinski definition) is 0. The molecule has 1 heterocycles. The van der Waals surface area contributed by atoms with Crippen LogP contribution in [0.15, 0.2) is 22.7 Å². The number of aromatic nitrogens is 2. The van der Waals surface area contributed by atoms with Crippen molar-refractivity contribution in [2.75, 3.05) is 0 Å². The third-order valence-electron chi connectivity index (χ3n) is 3.03. The molecule has 0 aliphatic carbocycles. The van der Waals surface area contributed by atoms with Gasteiger partial charge in [0.25, 0.3) is 5.88 Å². The van der Waals surface area contributed by atoms with Crippen molar-refractivity contribution in [1.82, 2.24) is 10.2 Å². The van der Waals surface area contributed by atoms with Crippen LogP contribution in [-0.4, -0.2) is 10.2 Å². The quantitative estimate of drug-likeness (QED) is 0.831. The van der Waals surface area contributed by atoms with Crippen LogP contribution in [-0.2, 0) is 12.8 Å². The number of nitrogens with zero attached hydrogens (tertiary/aromatic N) is 3. The molecule has 0 saturated heterocycles. The molecule has 108 valence electrons. The standard InChI is InChI=1S/C15H13BrFN3O/c1-3-10-11(8-18)15(20-19-13(10)4-2)21-14-6-5-9(17)7-12(14)16/h5-7H,3-4H2,1-2H3. The van der Waals surface area contributed by atoms with E-state index < -0.39 is 0 Å². The topological polar surface area (TPSA) is 58.8 Å². The van der Waals surface area contributed by atoms with E-state index in [1.165, 1.54) is 18.2 Å². The molecule has 0 spiro atoms. The van der Waals surface area contributed by atoms with E-state index in [2.05, 4.69) is 32.2 Å². The lowest BCUT2D eigenvalue weighted by Gasteiger charge is -2.12. The number of halogens is 2. The lowest BCUT2D eigenvalue weighted by molar-refractivity contribution is 0.446. The van der Waals surface area contributed by atoms with Crippen molar-refractivity contribution < 1.29 is 9.13 Å². The molecular formula is C15H13BrFN3O. The summed E-state index contributed by atoms with van der Waals surface area (Å²) in [6.07, 6.45) is 1.37. The van der Waals surface area contributed by atoms with E-state index in [0.29, 0.717) is 28.6 Å². The minimum absolute atomic E-state index is 0.138. The van der Waals surface area contributed by atoms with Gasteiger partial charge in [0.05, 0.1) is 10.2 Å².